The molecule has 3 rings (SSSR count). The molecule has 110 valence electrons. The van der Waals surface area contributed by atoms with Crippen molar-refractivity contribution >= 4 is 5.91 Å². The van der Waals surface area contributed by atoms with Crippen LogP contribution in [0.4, 0.5) is 4.39 Å². The molecule has 0 unspecified atom stereocenters. The Kier molecular flexibility index (Phi) is 3.53. The minimum atomic E-state index is -0.252. The van der Waals surface area contributed by atoms with Crippen molar-refractivity contribution in [2.75, 3.05) is 0 Å². The SMILES string of the molecule is Cc1cc(C)n(Cc2cccc(F)c2)c1C(=O)NC1CC1. The number of hydrogen-bond donors (Lipinski definition) is 1. The summed E-state index contributed by atoms with van der Waals surface area (Å²) >= 11 is 0. The highest BCUT2D eigenvalue weighted by Crippen LogP contribution is 2.22. The van der Waals surface area contributed by atoms with Gasteiger partial charge >= 0.3 is 0 Å². The van der Waals surface area contributed by atoms with Gasteiger partial charge in [0.05, 0.1) is 0 Å². The van der Waals surface area contributed by atoms with Crippen molar-refractivity contribution < 1.29 is 9.18 Å². The molecule has 1 aliphatic rings. The molecule has 1 fully saturated rings. The molecular formula is C17H19FN2O. The van der Waals surface area contributed by atoms with Gasteiger partial charge in [-0.05, 0) is 56.0 Å². The van der Waals surface area contributed by atoms with E-state index in [0.717, 1.165) is 29.7 Å². The lowest BCUT2D eigenvalue weighted by molar-refractivity contribution is 0.0941. The fourth-order valence-corrected chi connectivity index (χ4v) is 2.65. The third kappa shape index (κ3) is 2.99. The quantitative estimate of drug-likeness (QED) is 0.920. The lowest BCUT2D eigenvalue weighted by Gasteiger charge is -2.13. The van der Waals surface area contributed by atoms with E-state index < -0.39 is 0 Å². The first-order chi connectivity index (χ1) is 10.0. The molecule has 1 aromatic carbocycles. The molecule has 0 bridgehead atoms. The van der Waals surface area contributed by atoms with Gasteiger partial charge < -0.3 is 9.88 Å². The number of halogens is 1. The van der Waals surface area contributed by atoms with Gasteiger partial charge in [-0.1, -0.05) is 12.1 Å². The Morgan fingerprint density at radius 1 is 1.33 bits per heavy atom. The molecule has 1 amide bonds. The third-order valence-corrected chi connectivity index (χ3v) is 3.85. The number of carbonyl (C=O) groups is 1. The fourth-order valence-electron chi connectivity index (χ4n) is 2.65. The number of nitrogens with zero attached hydrogens (tertiary/aromatic N) is 1. The van der Waals surface area contributed by atoms with Gasteiger partial charge in [0.15, 0.2) is 0 Å². The Morgan fingerprint density at radius 2 is 2.10 bits per heavy atom. The molecule has 0 spiro atoms. The van der Waals surface area contributed by atoms with E-state index in [2.05, 4.69) is 5.32 Å². The molecule has 2 aromatic rings. The van der Waals surface area contributed by atoms with Crippen molar-refractivity contribution in [2.45, 2.75) is 39.3 Å². The van der Waals surface area contributed by atoms with Crippen LogP contribution in [0.2, 0.25) is 0 Å². The first kappa shape index (κ1) is 13.9. The van der Waals surface area contributed by atoms with Crippen LogP contribution < -0.4 is 5.32 Å². The van der Waals surface area contributed by atoms with Gasteiger partial charge in [0.2, 0.25) is 0 Å². The standard InChI is InChI=1S/C17H19FN2O/c1-11-8-12(2)20(10-13-4-3-5-14(18)9-13)16(11)17(21)19-15-6-7-15/h3-5,8-9,15H,6-7,10H2,1-2H3,(H,19,21). The zero-order valence-corrected chi connectivity index (χ0v) is 12.3. The maximum absolute atomic E-state index is 13.3. The normalized spacial score (nSPS) is 14.2. The molecule has 3 nitrogen and oxygen atoms in total. The van der Waals surface area contributed by atoms with E-state index in [0.29, 0.717) is 18.3 Å². The zero-order valence-electron chi connectivity index (χ0n) is 12.3. The van der Waals surface area contributed by atoms with Gasteiger partial charge in [-0.15, -0.1) is 0 Å². The van der Waals surface area contributed by atoms with Crippen molar-refractivity contribution in [1.82, 2.24) is 9.88 Å². The van der Waals surface area contributed by atoms with E-state index in [1.54, 1.807) is 6.07 Å². The summed E-state index contributed by atoms with van der Waals surface area (Å²) in [5.41, 5.74) is 3.51. The summed E-state index contributed by atoms with van der Waals surface area (Å²) < 4.78 is 15.3. The highest BCUT2D eigenvalue weighted by molar-refractivity contribution is 5.94. The molecular weight excluding hydrogens is 267 g/mol. The van der Waals surface area contributed by atoms with E-state index in [1.807, 2.05) is 30.5 Å². The van der Waals surface area contributed by atoms with Crippen LogP contribution in [-0.4, -0.2) is 16.5 Å². The minimum absolute atomic E-state index is 0.0282. The van der Waals surface area contributed by atoms with E-state index in [1.165, 1.54) is 12.1 Å². The molecule has 4 heteroatoms. The van der Waals surface area contributed by atoms with Gasteiger partial charge in [0.25, 0.3) is 5.91 Å². The van der Waals surface area contributed by atoms with Gasteiger partial charge in [-0.25, -0.2) is 4.39 Å². The molecule has 1 aliphatic carbocycles. The summed E-state index contributed by atoms with van der Waals surface area (Å²) in [6.45, 7) is 4.42. The second-order valence-electron chi connectivity index (χ2n) is 5.78. The number of hydrogen-bond acceptors (Lipinski definition) is 1. The fraction of sp³-hybridized carbons (Fsp3) is 0.353. The molecule has 0 atom stereocenters. The van der Waals surface area contributed by atoms with E-state index in [4.69, 9.17) is 0 Å². The Morgan fingerprint density at radius 3 is 2.76 bits per heavy atom. The van der Waals surface area contributed by atoms with E-state index >= 15 is 0 Å². The summed E-state index contributed by atoms with van der Waals surface area (Å²) in [5.74, 6) is -0.280. The molecule has 0 radical (unpaired) electrons. The van der Waals surface area contributed by atoms with E-state index in [9.17, 15) is 9.18 Å². The number of nitrogens with one attached hydrogen (secondary N) is 1. The monoisotopic (exact) mass is 286 g/mol. The molecule has 0 aliphatic heterocycles. The summed E-state index contributed by atoms with van der Waals surface area (Å²) in [5, 5.41) is 3.03. The van der Waals surface area contributed by atoms with Crippen LogP contribution >= 0.6 is 0 Å². The van der Waals surface area contributed by atoms with Crippen LogP contribution in [0.25, 0.3) is 0 Å². The summed E-state index contributed by atoms with van der Waals surface area (Å²) in [6.07, 6.45) is 2.13. The third-order valence-electron chi connectivity index (χ3n) is 3.85. The topological polar surface area (TPSA) is 34.0 Å². The lowest BCUT2D eigenvalue weighted by Crippen LogP contribution is -2.28. The molecule has 1 N–H and O–H groups in total. The second-order valence-corrected chi connectivity index (χ2v) is 5.78. The van der Waals surface area contributed by atoms with Crippen molar-refractivity contribution in [1.29, 1.82) is 0 Å². The number of aromatic nitrogens is 1. The molecule has 0 saturated heterocycles. The van der Waals surface area contributed by atoms with E-state index in [-0.39, 0.29) is 11.7 Å². The van der Waals surface area contributed by atoms with Crippen LogP contribution in [0.3, 0.4) is 0 Å². The van der Waals surface area contributed by atoms with Crippen molar-refractivity contribution in [3.63, 3.8) is 0 Å². The largest absolute Gasteiger partial charge is 0.348 e. The highest BCUT2D eigenvalue weighted by atomic mass is 19.1. The lowest BCUT2D eigenvalue weighted by atomic mass is 10.2. The maximum atomic E-state index is 13.3. The van der Waals surface area contributed by atoms with Crippen LogP contribution in [0.15, 0.2) is 30.3 Å². The Bertz CT molecular complexity index is 686. The maximum Gasteiger partial charge on any atom is 0.268 e. The van der Waals surface area contributed by atoms with Crippen molar-refractivity contribution in [3.05, 3.63) is 58.7 Å². The predicted octanol–water partition coefficient (Wildman–Crippen LogP) is 3.18. The minimum Gasteiger partial charge on any atom is -0.348 e. The van der Waals surface area contributed by atoms with Gasteiger partial charge in [0.1, 0.15) is 11.5 Å². The average molecular weight is 286 g/mol. The van der Waals surface area contributed by atoms with Gasteiger partial charge in [-0.3, -0.25) is 4.79 Å². The Hall–Kier alpha value is -2.10. The summed E-state index contributed by atoms with van der Waals surface area (Å²) in [6, 6.07) is 8.84. The average Bonchev–Trinajstić information content (AvgIpc) is 3.17. The molecule has 1 aromatic heterocycles. The van der Waals surface area contributed by atoms with Crippen LogP contribution in [0.5, 0.6) is 0 Å². The number of rotatable bonds is 4. The van der Waals surface area contributed by atoms with Gasteiger partial charge in [-0.2, -0.15) is 0 Å². The Labute approximate surface area is 123 Å². The number of amides is 1. The first-order valence-corrected chi connectivity index (χ1v) is 7.26. The van der Waals surface area contributed by atoms with Crippen LogP contribution in [0.1, 0.15) is 40.2 Å². The zero-order chi connectivity index (χ0) is 15.0. The number of carbonyl (C=O) groups excluding carboxylic acids is 1. The predicted molar refractivity (Wildman–Crippen MR) is 79.9 cm³/mol. The molecule has 1 heterocycles. The number of benzene rings is 1. The van der Waals surface area contributed by atoms with Crippen LogP contribution in [0, 0.1) is 19.7 Å². The number of aryl methyl sites for hydroxylation is 2. The molecule has 21 heavy (non-hydrogen) atoms. The smallest absolute Gasteiger partial charge is 0.268 e. The van der Waals surface area contributed by atoms with Crippen molar-refractivity contribution in [3.8, 4) is 0 Å². The Balaban J connectivity index is 1.91. The van der Waals surface area contributed by atoms with Crippen molar-refractivity contribution in [2.24, 2.45) is 0 Å². The second kappa shape index (κ2) is 5.35. The highest BCUT2D eigenvalue weighted by Gasteiger charge is 2.26. The summed E-state index contributed by atoms with van der Waals surface area (Å²) in [7, 11) is 0. The summed E-state index contributed by atoms with van der Waals surface area (Å²) in [4.78, 5) is 12.4. The first-order valence-electron chi connectivity index (χ1n) is 7.26. The van der Waals surface area contributed by atoms with Gasteiger partial charge in [0, 0.05) is 18.3 Å². The van der Waals surface area contributed by atoms with Crippen LogP contribution in [-0.2, 0) is 6.54 Å². The molecule has 1 saturated carbocycles.